The molecule has 1 unspecified atom stereocenters. The molecule has 4 rings (SSSR count). The third-order valence-electron chi connectivity index (χ3n) is 4.91. The predicted molar refractivity (Wildman–Crippen MR) is 99.1 cm³/mol. The minimum absolute atomic E-state index is 0.0110. The van der Waals surface area contributed by atoms with Gasteiger partial charge in [-0.15, -0.1) is 0 Å². The fourth-order valence-electron chi connectivity index (χ4n) is 3.71. The van der Waals surface area contributed by atoms with E-state index < -0.39 is 5.82 Å². The van der Waals surface area contributed by atoms with Crippen molar-refractivity contribution in [3.63, 3.8) is 0 Å². The van der Waals surface area contributed by atoms with E-state index in [0.717, 1.165) is 30.6 Å². The highest BCUT2D eigenvalue weighted by atomic mass is 35.5. The lowest BCUT2D eigenvalue weighted by Crippen LogP contribution is -2.29. The highest BCUT2D eigenvalue weighted by molar-refractivity contribution is 6.30. The molecule has 5 heteroatoms. The SMILES string of the molecule is Fc1ccc(C2c3cccn3CCCN2Cc2ccc(F)c(Cl)c2)cc1. The molecule has 0 saturated carbocycles. The van der Waals surface area contributed by atoms with Gasteiger partial charge in [-0.05, 0) is 53.9 Å². The van der Waals surface area contributed by atoms with Crippen molar-refractivity contribution in [3.05, 3.63) is 94.3 Å². The van der Waals surface area contributed by atoms with Gasteiger partial charge >= 0.3 is 0 Å². The van der Waals surface area contributed by atoms with Crippen molar-refractivity contribution < 1.29 is 8.78 Å². The van der Waals surface area contributed by atoms with Gasteiger partial charge in [-0.25, -0.2) is 8.78 Å². The van der Waals surface area contributed by atoms with Crippen LogP contribution in [0.2, 0.25) is 5.02 Å². The van der Waals surface area contributed by atoms with Crippen molar-refractivity contribution in [1.82, 2.24) is 9.47 Å². The minimum atomic E-state index is -0.407. The molecule has 1 aliphatic heterocycles. The standard InChI is InChI=1S/C21H19ClF2N2/c22-18-13-15(4-9-19(18)24)14-26-12-2-11-25-10-1-3-20(25)21(26)16-5-7-17(23)8-6-16/h1,3-10,13,21H,2,11-12,14H2. The van der Waals surface area contributed by atoms with Crippen molar-refractivity contribution >= 4 is 11.6 Å². The van der Waals surface area contributed by atoms with Crippen molar-refractivity contribution in [3.8, 4) is 0 Å². The maximum absolute atomic E-state index is 13.5. The van der Waals surface area contributed by atoms with Gasteiger partial charge < -0.3 is 4.57 Å². The first-order valence-corrected chi connectivity index (χ1v) is 9.08. The summed E-state index contributed by atoms with van der Waals surface area (Å²) in [6.07, 6.45) is 3.10. The second-order valence-electron chi connectivity index (χ2n) is 6.65. The number of aromatic nitrogens is 1. The number of fused-ring (bicyclic) bond motifs is 1. The maximum Gasteiger partial charge on any atom is 0.141 e. The Morgan fingerprint density at radius 2 is 1.81 bits per heavy atom. The average Bonchev–Trinajstić information content (AvgIpc) is 3.01. The second kappa shape index (κ2) is 7.22. The lowest BCUT2D eigenvalue weighted by Gasteiger charge is -2.30. The number of halogens is 3. The first-order valence-electron chi connectivity index (χ1n) is 8.70. The van der Waals surface area contributed by atoms with Gasteiger partial charge in [0.15, 0.2) is 0 Å². The summed E-state index contributed by atoms with van der Waals surface area (Å²) in [6, 6.07) is 15.7. The van der Waals surface area contributed by atoms with Crippen molar-refractivity contribution in [2.75, 3.05) is 6.54 Å². The summed E-state index contributed by atoms with van der Waals surface area (Å²) < 4.78 is 29.2. The Kier molecular flexibility index (Phi) is 4.79. The lowest BCUT2D eigenvalue weighted by molar-refractivity contribution is 0.220. The predicted octanol–water partition coefficient (Wildman–Crippen LogP) is 5.42. The molecule has 0 bridgehead atoms. The molecular formula is C21H19ClF2N2. The third kappa shape index (κ3) is 3.39. The van der Waals surface area contributed by atoms with E-state index in [-0.39, 0.29) is 16.9 Å². The monoisotopic (exact) mass is 372 g/mol. The Bertz CT molecular complexity index is 905. The molecule has 0 aliphatic carbocycles. The quantitative estimate of drug-likeness (QED) is 0.596. The van der Waals surface area contributed by atoms with Gasteiger partial charge in [-0.3, -0.25) is 4.90 Å². The normalized spacial score (nSPS) is 17.7. The van der Waals surface area contributed by atoms with Gasteiger partial charge in [0.05, 0.1) is 11.1 Å². The van der Waals surface area contributed by atoms with E-state index in [1.54, 1.807) is 12.1 Å². The highest BCUT2D eigenvalue weighted by Gasteiger charge is 2.27. The zero-order valence-corrected chi connectivity index (χ0v) is 15.0. The number of nitrogens with zero attached hydrogens (tertiary/aromatic N) is 2. The molecule has 2 aromatic carbocycles. The molecule has 0 amide bonds. The summed E-state index contributed by atoms with van der Waals surface area (Å²) >= 11 is 5.96. The number of hydrogen-bond acceptors (Lipinski definition) is 1. The van der Waals surface area contributed by atoms with Crippen LogP contribution in [0.3, 0.4) is 0 Å². The Balaban J connectivity index is 1.73. The molecule has 1 atom stereocenters. The summed E-state index contributed by atoms with van der Waals surface area (Å²) in [5.74, 6) is -0.648. The van der Waals surface area contributed by atoms with Crippen LogP contribution in [0.25, 0.3) is 0 Å². The van der Waals surface area contributed by atoms with Gasteiger partial charge in [0.25, 0.3) is 0 Å². The van der Waals surface area contributed by atoms with E-state index in [1.807, 2.05) is 18.2 Å². The molecule has 0 saturated heterocycles. The molecule has 2 nitrogen and oxygen atoms in total. The smallest absolute Gasteiger partial charge is 0.141 e. The van der Waals surface area contributed by atoms with Crippen LogP contribution in [-0.4, -0.2) is 16.0 Å². The van der Waals surface area contributed by atoms with Crippen LogP contribution >= 0.6 is 11.6 Å². The van der Waals surface area contributed by atoms with Gasteiger partial charge in [0.2, 0.25) is 0 Å². The van der Waals surface area contributed by atoms with E-state index in [0.29, 0.717) is 6.54 Å². The van der Waals surface area contributed by atoms with Crippen molar-refractivity contribution in [1.29, 1.82) is 0 Å². The Morgan fingerprint density at radius 3 is 2.58 bits per heavy atom. The first kappa shape index (κ1) is 17.3. The largest absolute Gasteiger partial charge is 0.350 e. The second-order valence-corrected chi connectivity index (χ2v) is 7.06. The molecule has 0 spiro atoms. The summed E-state index contributed by atoms with van der Waals surface area (Å²) in [5.41, 5.74) is 3.19. The fourth-order valence-corrected chi connectivity index (χ4v) is 3.91. The molecule has 1 aliphatic rings. The molecule has 1 aromatic heterocycles. The summed E-state index contributed by atoms with van der Waals surface area (Å²) in [7, 11) is 0. The Labute approximate surface area is 156 Å². The van der Waals surface area contributed by atoms with Crippen molar-refractivity contribution in [2.45, 2.75) is 25.6 Å². The minimum Gasteiger partial charge on any atom is -0.350 e. The number of aryl methyl sites for hydroxylation is 1. The van der Waals surface area contributed by atoms with Crippen LogP contribution in [0.1, 0.15) is 29.3 Å². The zero-order chi connectivity index (χ0) is 18.1. The number of rotatable bonds is 3. The van der Waals surface area contributed by atoms with Crippen LogP contribution in [0.15, 0.2) is 60.8 Å². The average molecular weight is 373 g/mol. The molecule has 0 radical (unpaired) electrons. The molecule has 3 aromatic rings. The van der Waals surface area contributed by atoms with Crippen LogP contribution in [0.4, 0.5) is 8.78 Å². The lowest BCUT2D eigenvalue weighted by atomic mass is 10.0. The van der Waals surface area contributed by atoms with E-state index in [9.17, 15) is 8.78 Å². The van der Waals surface area contributed by atoms with Gasteiger partial charge in [0.1, 0.15) is 11.6 Å². The first-order chi connectivity index (χ1) is 12.6. The van der Waals surface area contributed by atoms with Crippen molar-refractivity contribution in [2.24, 2.45) is 0 Å². The fraction of sp³-hybridized carbons (Fsp3) is 0.238. The third-order valence-corrected chi connectivity index (χ3v) is 5.20. The number of benzene rings is 2. The highest BCUT2D eigenvalue weighted by Crippen LogP contribution is 2.33. The molecule has 0 fully saturated rings. The van der Waals surface area contributed by atoms with Crippen LogP contribution < -0.4 is 0 Å². The molecule has 26 heavy (non-hydrogen) atoms. The zero-order valence-electron chi connectivity index (χ0n) is 14.2. The molecule has 2 heterocycles. The molecule has 134 valence electrons. The summed E-state index contributed by atoms with van der Waals surface area (Å²) in [4.78, 5) is 2.34. The van der Waals surface area contributed by atoms with E-state index in [1.165, 1.54) is 23.9 Å². The van der Waals surface area contributed by atoms with Crippen LogP contribution in [0.5, 0.6) is 0 Å². The summed E-state index contributed by atoms with van der Waals surface area (Å²) in [6.45, 7) is 2.48. The molecular weight excluding hydrogens is 354 g/mol. The van der Waals surface area contributed by atoms with Crippen LogP contribution in [0, 0.1) is 11.6 Å². The Hall–Kier alpha value is -2.17. The van der Waals surface area contributed by atoms with Crippen LogP contribution in [-0.2, 0) is 13.1 Å². The van der Waals surface area contributed by atoms with Gasteiger partial charge in [0, 0.05) is 31.5 Å². The van der Waals surface area contributed by atoms with Gasteiger partial charge in [-0.2, -0.15) is 0 Å². The van der Waals surface area contributed by atoms with E-state index in [4.69, 9.17) is 11.6 Å². The van der Waals surface area contributed by atoms with E-state index in [2.05, 4.69) is 21.7 Å². The topological polar surface area (TPSA) is 8.17 Å². The molecule has 0 N–H and O–H groups in total. The maximum atomic E-state index is 13.5. The summed E-state index contributed by atoms with van der Waals surface area (Å²) in [5, 5.41) is 0.138. The number of hydrogen-bond donors (Lipinski definition) is 0. The van der Waals surface area contributed by atoms with Gasteiger partial charge in [-0.1, -0.05) is 29.8 Å². The Morgan fingerprint density at radius 1 is 1.00 bits per heavy atom. The van der Waals surface area contributed by atoms with E-state index >= 15 is 0 Å².